The lowest BCUT2D eigenvalue weighted by atomic mass is 10.1. The van der Waals surface area contributed by atoms with Crippen LogP contribution in [0, 0.1) is 18.2 Å². The van der Waals surface area contributed by atoms with Crippen LogP contribution < -0.4 is 9.47 Å². The van der Waals surface area contributed by atoms with Crippen LogP contribution in [0.25, 0.3) is 6.08 Å². The first-order chi connectivity index (χ1) is 14.0. The predicted octanol–water partition coefficient (Wildman–Crippen LogP) is 4.47. The van der Waals surface area contributed by atoms with Crippen molar-refractivity contribution in [3.8, 4) is 23.8 Å². The van der Waals surface area contributed by atoms with Gasteiger partial charge in [-0.2, -0.15) is 0 Å². The molecule has 1 saturated heterocycles. The third kappa shape index (κ3) is 4.98. The number of carbonyl (C=O) groups excluding carboxylic acids is 2. The molecule has 0 spiro atoms. The summed E-state index contributed by atoms with van der Waals surface area (Å²) < 4.78 is 24.7. The van der Waals surface area contributed by atoms with E-state index in [1.54, 1.807) is 36.4 Å². The first-order valence-corrected chi connectivity index (χ1v) is 9.66. The number of benzene rings is 2. The van der Waals surface area contributed by atoms with Crippen LogP contribution >= 0.6 is 11.8 Å². The molecule has 7 heteroatoms. The molecule has 0 aromatic heterocycles. The highest BCUT2D eigenvalue weighted by Gasteiger charge is 2.34. The maximum atomic E-state index is 13.3. The van der Waals surface area contributed by atoms with Crippen molar-refractivity contribution >= 4 is 29.0 Å². The lowest BCUT2D eigenvalue weighted by Crippen LogP contribution is -2.28. The average Bonchev–Trinajstić information content (AvgIpc) is 2.95. The van der Waals surface area contributed by atoms with Gasteiger partial charge >= 0.3 is 0 Å². The fourth-order valence-electron chi connectivity index (χ4n) is 2.67. The second-order valence-electron chi connectivity index (χ2n) is 6.03. The Labute approximate surface area is 172 Å². The molecule has 2 aromatic carbocycles. The molecule has 29 heavy (non-hydrogen) atoms. The van der Waals surface area contributed by atoms with Gasteiger partial charge in [0.25, 0.3) is 11.1 Å². The van der Waals surface area contributed by atoms with Gasteiger partial charge in [0, 0.05) is 0 Å². The molecule has 0 aliphatic carbocycles. The number of carbonyl (C=O) groups is 2. The van der Waals surface area contributed by atoms with Gasteiger partial charge in [0.05, 0.1) is 18.1 Å². The first-order valence-electron chi connectivity index (χ1n) is 8.84. The molecule has 0 radical (unpaired) electrons. The largest absolute Gasteiger partial charge is 0.490 e. The summed E-state index contributed by atoms with van der Waals surface area (Å²) in [4.78, 5) is 25.5. The quantitative estimate of drug-likeness (QED) is 0.497. The number of terminal acetylenes is 1. The molecule has 0 atom stereocenters. The number of hydrogen-bond acceptors (Lipinski definition) is 5. The maximum absolute atomic E-state index is 13.3. The Morgan fingerprint density at radius 1 is 1.17 bits per heavy atom. The van der Waals surface area contributed by atoms with E-state index in [9.17, 15) is 14.0 Å². The zero-order valence-electron chi connectivity index (χ0n) is 15.7. The molecule has 5 nitrogen and oxygen atoms in total. The fraction of sp³-hybridized carbons (Fsp3) is 0.182. The maximum Gasteiger partial charge on any atom is 0.294 e. The highest BCUT2D eigenvalue weighted by Crippen LogP contribution is 2.34. The topological polar surface area (TPSA) is 55.8 Å². The zero-order valence-corrected chi connectivity index (χ0v) is 16.5. The first kappa shape index (κ1) is 20.5. The van der Waals surface area contributed by atoms with Crippen LogP contribution in [0.2, 0.25) is 0 Å². The number of amides is 2. The van der Waals surface area contributed by atoms with E-state index in [0.29, 0.717) is 34.1 Å². The minimum absolute atomic E-state index is 0.0565. The number of nitrogens with zero attached hydrogens (tertiary/aromatic N) is 1. The summed E-state index contributed by atoms with van der Waals surface area (Å²) >= 11 is 0.844. The van der Waals surface area contributed by atoms with Gasteiger partial charge in [0.15, 0.2) is 11.5 Å². The number of hydrogen-bond donors (Lipinski definition) is 0. The van der Waals surface area contributed by atoms with E-state index in [2.05, 4.69) is 5.92 Å². The molecule has 0 N–H and O–H groups in total. The van der Waals surface area contributed by atoms with Gasteiger partial charge < -0.3 is 9.47 Å². The van der Waals surface area contributed by atoms with Crippen molar-refractivity contribution in [3.63, 3.8) is 0 Å². The minimum Gasteiger partial charge on any atom is -0.490 e. The van der Waals surface area contributed by atoms with E-state index < -0.39 is 5.91 Å². The van der Waals surface area contributed by atoms with Crippen LogP contribution in [0.3, 0.4) is 0 Å². The Bertz CT molecular complexity index is 1010. The van der Waals surface area contributed by atoms with E-state index in [4.69, 9.17) is 15.9 Å². The summed E-state index contributed by atoms with van der Waals surface area (Å²) in [5.74, 6) is 2.54. The van der Waals surface area contributed by atoms with Crippen LogP contribution in [0.5, 0.6) is 11.5 Å². The molecule has 0 unspecified atom stereocenters. The summed E-state index contributed by atoms with van der Waals surface area (Å²) in [6, 6.07) is 11.3. The van der Waals surface area contributed by atoms with Crippen molar-refractivity contribution in [3.05, 3.63) is 64.3 Å². The van der Waals surface area contributed by atoms with Crippen LogP contribution in [-0.4, -0.2) is 29.2 Å². The Hall–Kier alpha value is -3.24. The van der Waals surface area contributed by atoms with Crippen molar-refractivity contribution in [2.75, 3.05) is 13.2 Å². The van der Waals surface area contributed by atoms with Gasteiger partial charge in [0.1, 0.15) is 12.4 Å². The lowest BCUT2D eigenvalue weighted by molar-refractivity contribution is -0.122. The van der Waals surface area contributed by atoms with Gasteiger partial charge in [0.2, 0.25) is 0 Å². The van der Waals surface area contributed by atoms with Crippen molar-refractivity contribution in [1.29, 1.82) is 0 Å². The average molecular weight is 411 g/mol. The summed E-state index contributed by atoms with van der Waals surface area (Å²) in [6.07, 6.45) is 6.81. The standard InChI is InChI=1S/C22H18FNO4S/c1-3-10-24-21(25)20(29-22(24)26)13-15-8-9-18(19(12-15)27-4-2)28-14-16-6-5-7-17(23)11-16/h1,5-9,11-13H,4,10,14H2,2H3/b20-13+. The Morgan fingerprint density at radius 3 is 2.72 bits per heavy atom. The highest BCUT2D eigenvalue weighted by molar-refractivity contribution is 8.18. The van der Waals surface area contributed by atoms with Gasteiger partial charge in [-0.05, 0) is 60.2 Å². The number of thioether (sulfide) groups is 1. The van der Waals surface area contributed by atoms with E-state index in [1.165, 1.54) is 12.1 Å². The van der Waals surface area contributed by atoms with E-state index in [1.807, 2.05) is 6.92 Å². The summed E-state index contributed by atoms with van der Waals surface area (Å²) in [5, 5.41) is -0.390. The summed E-state index contributed by atoms with van der Waals surface area (Å²) in [7, 11) is 0. The van der Waals surface area contributed by atoms with E-state index >= 15 is 0 Å². The number of halogens is 1. The van der Waals surface area contributed by atoms with Crippen molar-refractivity contribution in [2.45, 2.75) is 13.5 Å². The second-order valence-corrected chi connectivity index (χ2v) is 7.02. The molecular formula is C22H18FNO4S. The number of ether oxygens (including phenoxy) is 2. The molecule has 1 aliphatic rings. The molecule has 0 saturated carbocycles. The van der Waals surface area contributed by atoms with Crippen LogP contribution in [0.15, 0.2) is 47.4 Å². The minimum atomic E-state index is -0.414. The predicted molar refractivity (Wildman–Crippen MR) is 110 cm³/mol. The molecule has 1 fully saturated rings. The van der Waals surface area contributed by atoms with Gasteiger partial charge in [-0.3, -0.25) is 14.5 Å². The van der Waals surface area contributed by atoms with Crippen molar-refractivity contribution in [1.82, 2.24) is 4.90 Å². The highest BCUT2D eigenvalue weighted by atomic mass is 32.2. The van der Waals surface area contributed by atoms with Gasteiger partial charge in [-0.25, -0.2) is 4.39 Å². The van der Waals surface area contributed by atoms with Crippen LogP contribution in [0.1, 0.15) is 18.1 Å². The molecule has 148 valence electrons. The second kappa shape index (κ2) is 9.30. The number of rotatable bonds is 7. The molecule has 2 aromatic rings. The Kier molecular flexibility index (Phi) is 6.57. The van der Waals surface area contributed by atoms with Gasteiger partial charge in [-0.15, -0.1) is 6.42 Å². The fourth-order valence-corrected chi connectivity index (χ4v) is 3.51. The normalized spacial score (nSPS) is 14.9. The third-order valence-electron chi connectivity index (χ3n) is 3.97. The van der Waals surface area contributed by atoms with E-state index in [-0.39, 0.29) is 24.2 Å². The lowest BCUT2D eigenvalue weighted by Gasteiger charge is -2.13. The monoisotopic (exact) mass is 411 g/mol. The Morgan fingerprint density at radius 2 is 2.00 bits per heavy atom. The smallest absolute Gasteiger partial charge is 0.294 e. The van der Waals surface area contributed by atoms with Gasteiger partial charge in [-0.1, -0.05) is 24.1 Å². The summed E-state index contributed by atoms with van der Waals surface area (Å²) in [6.45, 7) is 2.38. The van der Waals surface area contributed by atoms with Crippen molar-refractivity contribution in [2.24, 2.45) is 0 Å². The Balaban J connectivity index is 1.80. The van der Waals surface area contributed by atoms with Crippen molar-refractivity contribution < 1.29 is 23.5 Å². The van der Waals surface area contributed by atoms with E-state index in [0.717, 1.165) is 16.7 Å². The van der Waals surface area contributed by atoms with Crippen LogP contribution in [-0.2, 0) is 11.4 Å². The molecular weight excluding hydrogens is 393 g/mol. The third-order valence-corrected chi connectivity index (χ3v) is 4.88. The SMILES string of the molecule is C#CCN1C(=O)S/C(=C/c2ccc(OCc3cccc(F)c3)c(OCC)c2)C1=O. The molecule has 1 aliphatic heterocycles. The number of imide groups is 1. The molecule has 1 heterocycles. The molecule has 0 bridgehead atoms. The van der Waals surface area contributed by atoms with Crippen LogP contribution in [0.4, 0.5) is 9.18 Å². The zero-order chi connectivity index (χ0) is 20.8. The molecule has 2 amide bonds. The summed E-state index contributed by atoms with van der Waals surface area (Å²) in [5.41, 5.74) is 1.37. The molecule has 3 rings (SSSR count).